The fourth-order valence-corrected chi connectivity index (χ4v) is 2.03. The minimum Gasteiger partial charge on any atom is -0.495 e. The molecule has 0 saturated heterocycles. The van der Waals surface area contributed by atoms with Gasteiger partial charge in [-0.2, -0.15) is 0 Å². The Morgan fingerprint density at radius 3 is 2.65 bits per heavy atom. The molecule has 0 unspecified atom stereocenters. The summed E-state index contributed by atoms with van der Waals surface area (Å²) >= 11 is 5.82. The summed E-state index contributed by atoms with van der Waals surface area (Å²) in [7, 11) is 1.48. The molecule has 120 valence electrons. The van der Waals surface area contributed by atoms with Crippen LogP contribution in [0.5, 0.6) is 5.75 Å². The van der Waals surface area contributed by atoms with Crippen LogP contribution in [0.25, 0.3) is 0 Å². The van der Waals surface area contributed by atoms with Gasteiger partial charge in [-0.1, -0.05) is 17.7 Å². The van der Waals surface area contributed by atoms with Crippen LogP contribution in [-0.2, 0) is 9.53 Å². The molecule has 2 aromatic carbocycles. The highest BCUT2D eigenvalue weighted by atomic mass is 35.5. The van der Waals surface area contributed by atoms with Crippen LogP contribution in [-0.4, -0.2) is 25.6 Å². The van der Waals surface area contributed by atoms with E-state index in [0.29, 0.717) is 22.1 Å². The first kappa shape index (κ1) is 16.6. The topological polar surface area (TPSA) is 90.6 Å². The average molecular weight is 335 g/mol. The summed E-state index contributed by atoms with van der Waals surface area (Å²) in [5, 5.41) is 3.07. The zero-order valence-corrected chi connectivity index (χ0v) is 13.1. The minimum atomic E-state index is -0.652. The van der Waals surface area contributed by atoms with Gasteiger partial charge in [0.25, 0.3) is 5.91 Å². The molecule has 0 aliphatic heterocycles. The molecule has 0 aromatic heterocycles. The molecule has 1 amide bonds. The van der Waals surface area contributed by atoms with Crippen LogP contribution in [0.15, 0.2) is 42.5 Å². The Hall–Kier alpha value is -2.73. The molecule has 7 heteroatoms. The molecule has 0 fully saturated rings. The van der Waals surface area contributed by atoms with Gasteiger partial charge in [0.15, 0.2) is 6.61 Å². The standard InChI is InChI=1S/C16H15ClN2O4/c1-22-14-6-5-10(7-13(14)18)16(21)23-9-15(20)19-12-4-2-3-11(17)8-12/h2-8H,9,18H2,1H3,(H,19,20). The summed E-state index contributed by atoms with van der Waals surface area (Å²) in [5.41, 5.74) is 6.78. The Balaban J connectivity index is 1.91. The number of nitrogens with one attached hydrogen (secondary N) is 1. The monoisotopic (exact) mass is 334 g/mol. The van der Waals surface area contributed by atoms with Gasteiger partial charge in [0, 0.05) is 10.7 Å². The number of benzene rings is 2. The van der Waals surface area contributed by atoms with Crippen molar-refractivity contribution in [1.29, 1.82) is 0 Å². The highest BCUT2D eigenvalue weighted by molar-refractivity contribution is 6.30. The number of hydrogen-bond acceptors (Lipinski definition) is 5. The number of anilines is 2. The number of esters is 1. The first-order valence-corrected chi connectivity index (χ1v) is 7.03. The van der Waals surface area contributed by atoms with Crippen LogP contribution in [0.1, 0.15) is 10.4 Å². The molecule has 0 spiro atoms. The molecule has 3 N–H and O–H groups in total. The Kier molecular flexibility index (Phi) is 5.43. The molecule has 0 radical (unpaired) electrons. The summed E-state index contributed by atoms with van der Waals surface area (Å²) in [5.74, 6) is -0.664. The number of nitrogens with two attached hydrogens (primary N) is 1. The van der Waals surface area contributed by atoms with E-state index in [4.69, 9.17) is 26.8 Å². The number of ether oxygens (including phenoxy) is 2. The van der Waals surface area contributed by atoms with E-state index >= 15 is 0 Å². The van der Waals surface area contributed by atoms with E-state index in [1.165, 1.54) is 19.2 Å². The molecule has 23 heavy (non-hydrogen) atoms. The summed E-state index contributed by atoms with van der Waals surface area (Å²) < 4.78 is 9.94. The molecule has 0 aliphatic rings. The Bertz CT molecular complexity index is 734. The van der Waals surface area contributed by atoms with E-state index in [-0.39, 0.29) is 5.56 Å². The summed E-state index contributed by atoms with van der Waals surface area (Å²) in [4.78, 5) is 23.6. The molecule has 2 rings (SSSR count). The number of carbonyl (C=O) groups excluding carboxylic acids is 2. The lowest BCUT2D eigenvalue weighted by Crippen LogP contribution is -2.21. The maximum Gasteiger partial charge on any atom is 0.338 e. The molecule has 0 bridgehead atoms. The molecule has 0 atom stereocenters. The minimum absolute atomic E-state index is 0.235. The lowest BCUT2D eigenvalue weighted by atomic mass is 10.2. The smallest absolute Gasteiger partial charge is 0.338 e. The van der Waals surface area contributed by atoms with Gasteiger partial charge in [-0.25, -0.2) is 4.79 Å². The van der Waals surface area contributed by atoms with Gasteiger partial charge in [0.2, 0.25) is 0 Å². The van der Waals surface area contributed by atoms with E-state index in [2.05, 4.69) is 5.32 Å². The first-order valence-electron chi connectivity index (χ1n) is 6.65. The Morgan fingerprint density at radius 1 is 1.22 bits per heavy atom. The predicted octanol–water partition coefficient (Wildman–Crippen LogP) is 2.73. The second-order valence-corrected chi connectivity index (χ2v) is 5.03. The van der Waals surface area contributed by atoms with Crippen LogP contribution in [0, 0.1) is 0 Å². The van der Waals surface area contributed by atoms with E-state index < -0.39 is 18.5 Å². The molecular weight excluding hydrogens is 320 g/mol. The van der Waals surface area contributed by atoms with Gasteiger partial charge in [0.1, 0.15) is 5.75 Å². The van der Waals surface area contributed by atoms with Gasteiger partial charge >= 0.3 is 5.97 Å². The molecular formula is C16H15ClN2O4. The van der Waals surface area contributed by atoms with Gasteiger partial charge in [-0.05, 0) is 36.4 Å². The molecule has 0 aliphatic carbocycles. The van der Waals surface area contributed by atoms with E-state index in [1.807, 2.05) is 0 Å². The SMILES string of the molecule is COc1ccc(C(=O)OCC(=O)Nc2cccc(Cl)c2)cc1N. The van der Waals surface area contributed by atoms with Crippen molar-refractivity contribution in [3.63, 3.8) is 0 Å². The van der Waals surface area contributed by atoms with Crippen LogP contribution < -0.4 is 15.8 Å². The van der Waals surface area contributed by atoms with E-state index in [9.17, 15) is 9.59 Å². The van der Waals surface area contributed by atoms with Crippen molar-refractivity contribution in [2.75, 3.05) is 24.8 Å². The normalized spacial score (nSPS) is 10.0. The number of rotatable bonds is 5. The van der Waals surface area contributed by atoms with Crippen LogP contribution in [0.3, 0.4) is 0 Å². The fraction of sp³-hybridized carbons (Fsp3) is 0.125. The van der Waals surface area contributed by atoms with Crippen molar-refractivity contribution in [3.05, 3.63) is 53.1 Å². The maximum absolute atomic E-state index is 11.9. The largest absolute Gasteiger partial charge is 0.495 e. The van der Waals surface area contributed by atoms with Crippen LogP contribution in [0.4, 0.5) is 11.4 Å². The number of carbonyl (C=O) groups is 2. The molecule has 0 saturated carbocycles. The maximum atomic E-state index is 11.9. The Labute approximate surface area is 138 Å². The third kappa shape index (κ3) is 4.62. The number of methoxy groups -OCH3 is 1. The van der Waals surface area contributed by atoms with Gasteiger partial charge < -0.3 is 20.5 Å². The van der Waals surface area contributed by atoms with E-state index in [0.717, 1.165) is 0 Å². The molecule has 2 aromatic rings. The first-order chi connectivity index (χ1) is 11.0. The van der Waals surface area contributed by atoms with Crippen LogP contribution >= 0.6 is 11.6 Å². The highest BCUT2D eigenvalue weighted by Crippen LogP contribution is 2.22. The third-order valence-corrected chi connectivity index (χ3v) is 3.14. The third-order valence-electron chi connectivity index (χ3n) is 2.91. The number of halogens is 1. The van der Waals surface area contributed by atoms with Gasteiger partial charge in [0.05, 0.1) is 18.4 Å². The van der Waals surface area contributed by atoms with Crippen LogP contribution in [0.2, 0.25) is 5.02 Å². The summed E-state index contributed by atoms with van der Waals surface area (Å²) in [6.45, 7) is -0.419. The summed E-state index contributed by atoms with van der Waals surface area (Å²) in [6, 6.07) is 11.1. The zero-order valence-electron chi connectivity index (χ0n) is 12.3. The van der Waals surface area contributed by atoms with Crippen molar-refractivity contribution in [2.24, 2.45) is 0 Å². The van der Waals surface area contributed by atoms with Gasteiger partial charge in [-0.15, -0.1) is 0 Å². The predicted molar refractivity (Wildman–Crippen MR) is 87.8 cm³/mol. The van der Waals surface area contributed by atoms with Crippen molar-refractivity contribution >= 4 is 34.9 Å². The fourth-order valence-electron chi connectivity index (χ4n) is 1.84. The number of nitrogen functional groups attached to an aromatic ring is 1. The Morgan fingerprint density at radius 2 is 2.00 bits per heavy atom. The van der Waals surface area contributed by atoms with E-state index in [1.54, 1.807) is 30.3 Å². The number of amides is 1. The molecule has 0 heterocycles. The number of hydrogen-bond donors (Lipinski definition) is 2. The average Bonchev–Trinajstić information content (AvgIpc) is 2.52. The lowest BCUT2D eigenvalue weighted by molar-refractivity contribution is -0.119. The molecule has 6 nitrogen and oxygen atoms in total. The van der Waals surface area contributed by atoms with Crippen molar-refractivity contribution in [2.45, 2.75) is 0 Å². The van der Waals surface area contributed by atoms with Crippen molar-refractivity contribution < 1.29 is 19.1 Å². The van der Waals surface area contributed by atoms with Crippen molar-refractivity contribution in [3.8, 4) is 5.75 Å². The lowest BCUT2D eigenvalue weighted by Gasteiger charge is -2.08. The quantitative estimate of drug-likeness (QED) is 0.648. The summed E-state index contributed by atoms with van der Waals surface area (Å²) in [6.07, 6.45) is 0. The highest BCUT2D eigenvalue weighted by Gasteiger charge is 2.12. The van der Waals surface area contributed by atoms with Crippen molar-refractivity contribution in [1.82, 2.24) is 0 Å². The zero-order chi connectivity index (χ0) is 16.8. The second-order valence-electron chi connectivity index (χ2n) is 4.59. The van der Waals surface area contributed by atoms with Gasteiger partial charge in [-0.3, -0.25) is 4.79 Å². The second kappa shape index (κ2) is 7.51.